The van der Waals surface area contributed by atoms with Crippen LogP contribution in [0.15, 0.2) is 24.3 Å². The minimum atomic E-state index is -0.476. The summed E-state index contributed by atoms with van der Waals surface area (Å²) in [5.74, 6) is 1.85. The highest BCUT2D eigenvalue weighted by Gasteiger charge is 2.27. The van der Waals surface area contributed by atoms with Crippen LogP contribution in [0.5, 0.6) is 11.5 Å². The molecule has 0 bridgehead atoms. The van der Waals surface area contributed by atoms with Gasteiger partial charge in [0.2, 0.25) is 0 Å². The molecule has 1 saturated carbocycles. The molecule has 1 unspecified atom stereocenters. The minimum Gasteiger partial charge on any atom is -0.465 e. The molecule has 4 nitrogen and oxygen atoms in total. The Hall–Kier alpha value is -1.55. The van der Waals surface area contributed by atoms with Crippen LogP contribution in [0.4, 0.5) is 0 Å². The van der Waals surface area contributed by atoms with Gasteiger partial charge in [-0.15, -0.1) is 0 Å². The molecule has 0 radical (unpaired) electrons. The summed E-state index contributed by atoms with van der Waals surface area (Å²) in [7, 11) is 0. The average molecular weight is 363 g/mol. The maximum atomic E-state index is 12.1. The number of ether oxygens (including phenoxy) is 3. The topological polar surface area (TPSA) is 44.8 Å². The third-order valence-electron chi connectivity index (χ3n) is 5.38. The maximum absolute atomic E-state index is 12.1. The van der Waals surface area contributed by atoms with Gasteiger partial charge in [0.25, 0.3) is 0 Å². The molecule has 0 aliphatic heterocycles. The molecule has 1 fully saturated rings. The van der Waals surface area contributed by atoms with Gasteiger partial charge >= 0.3 is 5.97 Å². The summed E-state index contributed by atoms with van der Waals surface area (Å²) < 4.78 is 17.0. The zero-order valence-electron chi connectivity index (χ0n) is 16.8. The SMILES string of the molecule is CCC(C)(C)C(=O)Oc1ccc(OC(C)OCCC2CCCCC2)cc1. The van der Waals surface area contributed by atoms with Gasteiger partial charge in [0.05, 0.1) is 12.0 Å². The first kappa shape index (κ1) is 20.8. The zero-order valence-corrected chi connectivity index (χ0v) is 16.8. The van der Waals surface area contributed by atoms with Crippen LogP contribution in [0.3, 0.4) is 0 Å². The van der Waals surface area contributed by atoms with E-state index in [9.17, 15) is 4.79 Å². The van der Waals surface area contributed by atoms with E-state index in [1.54, 1.807) is 12.1 Å². The lowest BCUT2D eigenvalue weighted by Gasteiger charge is -2.22. The van der Waals surface area contributed by atoms with E-state index in [1.807, 2.05) is 39.8 Å². The molecule has 1 aromatic rings. The first-order valence-corrected chi connectivity index (χ1v) is 10.0. The van der Waals surface area contributed by atoms with E-state index in [0.29, 0.717) is 11.5 Å². The molecule has 4 heteroatoms. The first-order chi connectivity index (χ1) is 12.4. The number of esters is 1. The third-order valence-corrected chi connectivity index (χ3v) is 5.38. The molecule has 0 amide bonds. The summed E-state index contributed by atoms with van der Waals surface area (Å²) in [5, 5.41) is 0. The fourth-order valence-corrected chi connectivity index (χ4v) is 3.08. The zero-order chi connectivity index (χ0) is 19.0. The van der Waals surface area contributed by atoms with Crippen molar-refractivity contribution in [1.82, 2.24) is 0 Å². The number of carbonyl (C=O) groups excluding carboxylic acids is 1. The number of hydrogen-bond acceptors (Lipinski definition) is 4. The number of benzene rings is 1. The Bertz CT molecular complexity index is 544. The van der Waals surface area contributed by atoms with Crippen molar-refractivity contribution in [2.24, 2.45) is 11.3 Å². The van der Waals surface area contributed by atoms with E-state index in [0.717, 1.165) is 25.4 Å². The predicted molar refractivity (Wildman–Crippen MR) is 103 cm³/mol. The van der Waals surface area contributed by atoms with Gasteiger partial charge in [-0.1, -0.05) is 39.0 Å². The van der Waals surface area contributed by atoms with Crippen LogP contribution in [0.25, 0.3) is 0 Å². The molecule has 1 aromatic carbocycles. The molecule has 1 aliphatic carbocycles. The van der Waals surface area contributed by atoms with E-state index in [2.05, 4.69) is 0 Å². The van der Waals surface area contributed by atoms with Gasteiger partial charge in [0.15, 0.2) is 6.29 Å². The van der Waals surface area contributed by atoms with E-state index in [4.69, 9.17) is 14.2 Å². The molecule has 0 spiro atoms. The summed E-state index contributed by atoms with van der Waals surface area (Å²) in [4.78, 5) is 12.1. The van der Waals surface area contributed by atoms with Gasteiger partial charge in [0.1, 0.15) is 11.5 Å². The van der Waals surface area contributed by atoms with Gasteiger partial charge in [-0.3, -0.25) is 4.79 Å². The molecular weight excluding hydrogens is 328 g/mol. The van der Waals surface area contributed by atoms with Crippen molar-refractivity contribution < 1.29 is 19.0 Å². The third kappa shape index (κ3) is 6.64. The summed E-state index contributed by atoms with van der Waals surface area (Å²) in [6.45, 7) is 8.42. The van der Waals surface area contributed by atoms with Gasteiger partial charge in [-0.25, -0.2) is 0 Å². The van der Waals surface area contributed by atoms with Gasteiger partial charge in [-0.05, 0) is 63.8 Å². The van der Waals surface area contributed by atoms with Gasteiger partial charge < -0.3 is 14.2 Å². The second-order valence-corrected chi connectivity index (χ2v) is 7.95. The highest BCUT2D eigenvalue weighted by Crippen LogP contribution is 2.27. The molecule has 1 atom stereocenters. The summed E-state index contributed by atoms with van der Waals surface area (Å²) in [5.41, 5.74) is -0.476. The van der Waals surface area contributed by atoms with Crippen molar-refractivity contribution in [1.29, 1.82) is 0 Å². The molecular formula is C22H34O4. The van der Waals surface area contributed by atoms with Crippen LogP contribution in [0.2, 0.25) is 0 Å². The molecule has 1 aliphatic rings. The molecule has 0 saturated heterocycles. The van der Waals surface area contributed by atoms with Crippen LogP contribution in [-0.4, -0.2) is 18.9 Å². The smallest absolute Gasteiger partial charge is 0.316 e. The second-order valence-electron chi connectivity index (χ2n) is 7.95. The molecule has 2 rings (SSSR count). The largest absolute Gasteiger partial charge is 0.465 e. The van der Waals surface area contributed by atoms with Crippen LogP contribution in [-0.2, 0) is 9.53 Å². The molecule has 146 valence electrons. The predicted octanol–water partition coefficient (Wildman–Crippen LogP) is 5.74. The van der Waals surface area contributed by atoms with E-state index < -0.39 is 5.41 Å². The molecule has 0 N–H and O–H groups in total. The van der Waals surface area contributed by atoms with E-state index in [1.165, 1.54) is 32.1 Å². The van der Waals surface area contributed by atoms with Crippen molar-refractivity contribution in [3.05, 3.63) is 24.3 Å². The van der Waals surface area contributed by atoms with E-state index in [-0.39, 0.29) is 12.3 Å². The van der Waals surface area contributed by atoms with Crippen molar-refractivity contribution >= 4 is 5.97 Å². The Morgan fingerprint density at radius 1 is 1.12 bits per heavy atom. The highest BCUT2D eigenvalue weighted by atomic mass is 16.7. The average Bonchev–Trinajstić information content (AvgIpc) is 2.64. The van der Waals surface area contributed by atoms with Crippen LogP contribution < -0.4 is 9.47 Å². The maximum Gasteiger partial charge on any atom is 0.316 e. The Kier molecular flexibility index (Phi) is 7.95. The standard InChI is InChI=1S/C22H34O4/c1-5-22(3,4)21(23)26-20-13-11-19(12-14-20)25-17(2)24-16-15-18-9-7-6-8-10-18/h11-14,17-18H,5-10,15-16H2,1-4H3. The van der Waals surface area contributed by atoms with E-state index >= 15 is 0 Å². The lowest BCUT2D eigenvalue weighted by atomic mass is 9.87. The number of hydrogen-bond donors (Lipinski definition) is 0. The van der Waals surface area contributed by atoms with Crippen molar-refractivity contribution in [2.45, 2.75) is 78.9 Å². The Morgan fingerprint density at radius 2 is 1.73 bits per heavy atom. The normalized spacial score (nSPS) is 16.9. The van der Waals surface area contributed by atoms with Crippen molar-refractivity contribution in [3.63, 3.8) is 0 Å². The van der Waals surface area contributed by atoms with Crippen LogP contribution in [0, 0.1) is 11.3 Å². The van der Waals surface area contributed by atoms with Gasteiger partial charge in [0, 0.05) is 0 Å². The molecule has 0 aromatic heterocycles. The number of carbonyl (C=O) groups is 1. The lowest BCUT2D eigenvalue weighted by Crippen LogP contribution is -2.28. The van der Waals surface area contributed by atoms with Gasteiger partial charge in [-0.2, -0.15) is 0 Å². The second kappa shape index (κ2) is 9.96. The fourth-order valence-electron chi connectivity index (χ4n) is 3.08. The highest BCUT2D eigenvalue weighted by molar-refractivity contribution is 5.78. The van der Waals surface area contributed by atoms with Crippen LogP contribution in [0.1, 0.15) is 72.6 Å². The first-order valence-electron chi connectivity index (χ1n) is 10.0. The summed E-state index contributed by atoms with van der Waals surface area (Å²) in [6, 6.07) is 7.13. The van der Waals surface area contributed by atoms with Crippen molar-refractivity contribution in [2.75, 3.05) is 6.61 Å². The number of rotatable bonds is 9. The molecule has 26 heavy (non-hydrogen) atoms. The quantitative estimate of drug-likeness (QED) is 0.319. The monoisotopic (exact) mass is 362 g/mol. The lowest BCUT2D eigenvalue weighted by molar-refractivity contribution is -0.144. The van der Waals surface area contributed by atoms with Crippen molar-refractivity contribution in [3.8, 4) is 11.5 Å². The molecule has 0 heterocycles. The Morgan fingerprint density at radius 3 is 2.35 bits per heavy atom. The van der Waals surface area contributed by atoms with Crippen LogP contribution >= 0.6 is 0 Å². The fraction of sp³-hybridized carbons (Fsp3) is 0.682. The Balaban J connectivity index is 1.72. The summed E-state index contributed by atoms with van der Waals surface area (Å²) >= 11 is 0. The minimum absolute atomic E-state index is 0.215. The Labute approximate surface area is 158 Å². The summed E-state index contributed by atoms with van der Waals surface area (Å²) in [6.07, 6.45) is 8.37.